The summed E-state index contributed by atoms with van der Waals surface area (Å²) in [6, 6.07) is 10.8. The minimum Gasteiger partial charge on any atom is -0.490 e. The Hall–Kier alpha value is -3.60. The van der Waals surface area contributed by atoms with Gasteiger partial charge in [-0.3, -0.25) is 19.2 Å². The molecule has 6 atom stereocenters. The van der Waals surface area contributed by atoms with Gasteiger partial charge < -0.3 is 4.74 Å². The van der Waals surface area contributed by atoms with Crippen LogP contribution in [0, 0.1) is 46.3 Å². The highest BCUT2D eigenvalue weighted by molar-refractivity contribution is 5.98. The van der Waals surface area contributed by atoms with Gasteiger partial charge in [-0.05, 0) is 103 Å². The van der Waals surface area contributed by atoms with Crippen LogP contribution in [0.5, 0.6) is 5.75 Å². The van der Waals surface area contributed by atoms with Gasteiger partial charge in [0.2, 0.25) is 0 Å². The zero-order valence-corrected chi connectivity index (χ0v) is 34.1. The van der Waals surface area contributed by atoms with Crippen molar-refractivity contribution in [2.45, 2.75) is 138 Å². The number of hydrogen-bond donors (Lipinski definition) is 0. The molecule has 3 fully saturated rings. The van der Waals surface area contributed by atoms with E-state index < -0.39 is 28.6 Å². The van der Waals surface area contributed by atoms with Crippen LogP contribution in [0.15, 0.2) is 60.7 Å². The maximum Gasteiger partial charge on any atom is 0.140 e. The summed E-state index contributed by atoms with van der Waals surface area (Å²) in [6.45, 7) is 18.3. The molecule has 54 heavy (non-hydrogen) atoms. The number of Topliss-reactive ketones (excluding diaryl/α,β-unsaturated/α-hetero) is 4. The van der Waals surface area contributed by atoms with Crippen LogP contribution in [-0.2, 0) is 25.6 Å². The number of allylic oxidation sites excluding steroid dienone is 5. The molecule has 0 N–H and O–H groups in total. The van der Waals surface area contributed by atoms with E-state index in [1.807, 2.05) is 20.8 Å². The number of carbonyl (C=O) groups is 4. The van der Waals surface area contributed by atoms with Gasteiger partial charge in [-0.15, -0.1) is 6.58 Å². The lowest BCUT2D eigenvalue weighted by molar-refractivity contribution is -0.139. The summed E-state index contributed by atoms with van der Waals surface area (Å²) in [5.74, 6) is 0.287. The largest absolute Gasteiger partial charge is 0.490 e. The van der Waals surface area contributed by atoms with Gasteiger partial charge in [0.05, 0.1) is 0 Å². The molecule has 0 aromatic heterocycles. The predicted octanol–water partition coefficient (Wildman–Crippen LogP) is 11.4. The molecule has 5 heteroatoms. The minimum atomic E-state index is -0.718. The third-order valence-electron chi connectivity index (χ3n) is 13.4. The molecule has 6 unspecified atom stereocenters. The number of ketones is 4. The molecule has 2 aromatic rings. The average Bonchev–Trinajstić information content (AvgIpc) is 3.53. The lowest BCUT2D eigenvalue weighted by atomic mass is 9.69. The van der Waals surface area contributed by atoms with Crippen LogP contribution in [0.4, 0.5) is 0 Å². The van der Waals surface area contributed by atoms with E-state index in [2.05, 4.69) is 69.8 Å². The molecule has 5 nitrogen and oxygen atoms in total. The topological polar surface area (TPSA) is 77.5 Å². The van der Waals surface area contributed by atoms with Crippen molar-refractivity contribution in [2.75, 3.05) is 0 Å². The first kappa shape index (κ1) is 40.1. The van der Waals surface area contributed by atoms with Crippen molar-refractivity contribution < 1.29 is 23.9 Å². The zero-order valence-electron chi connectivity index (χ0n) is 34.1. The summed E-state index contributed by atoms with van der Waals surface area (Å²) in [5, 5.41) is 2.20. The van der Waals surface area contributed by atoms with Crippen molar-refractivity contribution >= 4 is 39.5 Å². The zero-order chi connectivity index (χ0) is 38.9. The molecular formula is C49H64O5. The van der Waals surface area contributed by atoms with Gasteiger partial charge in [-0.1, -0.05) is 109 Å². The van der Waals surface area contributed by atoms with Crippen LogP contribution in [-0.4, -0.2) is 29.2 Å². The summed E-state index contributed by atoms with van der Waals surface area (Å²) < 4.78 is 7.01. The lowest BCUT2D eigenvalue weighted by Crippen LogP contribution is -2.38. The van der Waals surface area contributed by atoms with Crippen molar-refractivity contribution in [1.82, 2.24) is 0 Å². The van der Waals surface area contributed by atoms with E-state index in [-0.39, 0.29) is 48.0 Å². The molecule has 0 aliphatic heterocycles. The van der Waals surface area contributed by atoms with E-state index in [0.29, 0.717) is 37.5 Å². The second-order valence-electron chi connectivity index (χ2n) is 18.8. The monoisotopic (exact) mass is 732 g/mol. The maximum atomic E-state index is 14.9. The lowest BCUT2D eigenvalue weighted by Gasteiger charge is -2.33. The molecule has 290 valence electrons. The fourth-order valence-corrected chi connectivity index (χ4v) is 10.1. The molecule has 0 bridgehead atoms. The van der Waals surface area contributed by atoms with E-state index in [0.717, 1.165) is 48.8 Å². The van der Waals surface area contributed by atoms with E-state index in [1.54, 1.807) is 13.0 Å². The van der Waals surface area contributed by atoms with Crippen LogP contribution in [0.1, 0.15) is 137 Å². The van der Waals surface area contributed by atoms with Gasteiger partial charge in [0.15, 0.2) is 0 Å². The maximum absolute atomic E-state index is 14.9. The average molecular weight is 733 g/mol. The summed E-state index contributed by atoms with van der Waals surface area (Å²) >= 11 is 0. The Morgan fingerprint density at radius 1 is 1.02 bits per heavy atom. The molecule has 0 saturated heterocycles. The first-order valence-electron chi connectivity index (χ1n) is 21.0. The molecule has 2 aromatic carbocycles. The third-order valence-corrected chi connectivity index (χ3v) is 13.4. The molecule has 6 rings (SSSR count). The fraction of sp³-hybridized carbons (Fsp3) is 0.592. The smallest absolute Gasteiger partial charge is 0.140 e. The van der Waals surface area contributed by atoms with Crippen molar-refractivity contribution in [1.29, 1.82) is 0 Å². The van der Waals surface area contributed by atoms with Gasteiger partial charge in [-0.2, -0.15) is 0 Å². The minimum absolute atomic E-state index is 0.00507. The number of benzene rings is 2. The Bertz CT molecular complexity index is 1840. The Morgan fingerprint density at radius 2 is 1.74 bits per heavy atom. The van der Waals surface area contributed by atoms with Crippen molar-refractivity contribution in [2.24, 2.45) is 46.3 Å². The van der Waals surface area contributed by atoms with Crippen LogP contribution in [0.3, 0.4) is 0 Å². The molecule has 0 spiro atoms. The van der Waals surface area contributed by atoms with Gasteiger partial charge in [0.1, 0.15) is 35.0 Å². The van der Waals surface area contributed by atoms with Gasteiger partial charge in [-0.25, -0.2) is 0 Å². The highest BCUT2D eigenvalue weighted by atomic mass is 16.5. The van der Waals surface area contributed by atoms with Crippen LogP contribution in [0.2, 0.25) is 0 Å². The quantitative estimate of drug-likeness (QED) is 0.151. The van der Waals surface area contributed by atoms with Crippen molar-refractivity contribution in [3.63, 3.8) is 0 Å². The first-order chi connectivity index (χ1) is 25.6. The Kier molecular flexibility index (Phi) is 12.1. The summed E-state index contributed by atoms with van der Waals surface area (Å²) in [7, 11) is 0. The normalized spacial score (nSPS) is 26.1. The Morgan fingerprint density at radius 3 is 2.37 bits per heavy atom. The summed E-state index contributed by atoms with van der Waals surface area (Å²) in [4.78, 5) is 55.8. The number of aryl methyl sites for hydroxylation is 1. The van der Waals surface area contributed by atoms with Crippen LogP contribution >= 0.6 is 0 Å². The second-order valence-corrected chi connectivity index (χ2v) is 18.8. The number of carbonyl (C=O) groups excluding carboxylic acids is 4. The standard InChI is InChI=1S/C49H64O5/c1-9-34-16-13-17-40-41(34)23-36(35-19-18-33(21-35)20-30(3)4)24-46(40)54-39-26-42(45(52)29-49(31(5)50)28-37(49)10-2)43(27-39)47(53)44(48(6,7)8)25-38(51)22-32-14-11-12-15-32/h10,13,16-17,19,21,23-24,30,32,37,39,42-44H,2,9,11-12,14-15,18,20,22,25-29H2,1,3-8H3. The van der Waals surface area contributed by atoms with Crippen LogP contribution < -0.4 is 4.74 Å². The molecular weight excluding hydrogens is 669 g/mol. The molecule has 4 aliphatic carbocycles. The number of fused-ring (bicyclic) bond motifs is 1. The van der Waals surface area contributed by atoms with E-state index in [9.17, 15) is 19.2 Å². The summed E-state index contributed by atoms with van der Waals surface area (Å²) in [6.07, 6.45) is 15.9. The predicted molar refractivity (Wildman–Crippen MR) is 219 cm³/mol. The Balaban J connectivity index is 1.32. The Labute approximate surface area is 324 Å². The van der Waals surface area contributed by atoms with E-state index in [4.69, 9.17) is 4.74 Å². The van der Waals surface area contributed by atoms with Gasteiger partial charge in [0, 0.05) is 47.8 Å². The van der Waals surface area contributed by atoms with Gasteiger partial charge in [0.25, 0.3) is 0 Å². The van der Waals surface area contributed by atoms with E-state index >= 15 is 0 Å². The second kappa shape index (κ2) is 16.2. The molecule has 0 heterocycles. The fourth-order valence-electron chi connectivity index (χ4n) is 10.1. The number of ether oxygens (including phenoxy) is 1. The first-order valence-corrected chi connectivity index (χ1v) is 21.0. The third kappa shape index (κ3) is 8.61. The SMILES string of the molecule is C=CC1CC1(CC(=O)C1CC(Oc2cc(C3=CCC(CC(C)C)=C3)cc3c(CC)cccc23)CC1C(=O)C(CC(=O)CC1CCCC1)C(C)(C)C)C(C)=O. The molecule has 0 amide bonds. The van der Waals surface area contributed by atoms with E-state index in [1.165, 1.54) is 34.9 Å². The highest BCUT2D eigenvalue weighted by Gasteiger charge is 2.59. The molecule has 3 saturated carbocycles. The highest BCUT2D eigenvalue weighted by Crippen LogP contribution is 2.58. The number of rotatable bonds is 17. The van der Waals surface area contributed by atoms with Crippen molar-refractivity contribution in [3.8, 4) is 5.75 Å². The van der Waals surface area contributed by atoms with Crippen LogP contribution in [0.25, 0.3) is 16.3 Å². The number of hydrogen-bond acceptors (Lipinski definition) is 5. The van der Waals surface area contributed by atoms with Gasteiger partial charge >= 0.3 is 0 Å². The molecule has 4 aliphatic rings. The molecule has 0 radical (unpaired) electrons. The summed E-state index contributed by atoms with van der Waals surface area (Å²) in [5.41, 5.74) is 3.86. The van der Waals surface area contributed by atoms with Crippen molar-refractivity contribution in [3.05, 3.63) is 71.8 Å².